The maximum absolute atomic E-state index is 4.82. The zero-order valence-corrected chi connectivity index (χ0v) is 14.6. The lowest BCUT2D eigenvalue weighted by molar-refractivity contribution is 0.589. The molecule has 2 heteroatoms. The fourth-order valence-electron chi connectivity index (χ4n) is 3.01. The van der Waals surface area contributed by atoms with Crippen molar-refractivity contribution in [3.63, 3.8) is 0 Å². The lowest BCUT2D eigenvalue weighted by Gasteiger charge is -2.19. The van der Waals surface area contributed by atoms with E-state index < -0.39 is 0 Å². The van der Waals surface area contributed by atoms with Gasteiger partial charge in [-0.3, -0.25) is 0 Å². The van der Waals surface area contributed by atoms with Crippen LogP contribution in [0.25, 0.3) is 11.0 Å². The summed E-state index contributed by atoms with van der Waals surface area (Å²) >= 11 is 0. The molecule has 1 aromatic heterocycles. The van der Waals surface area contributed by atoms with Gasteiger partial charge in [0.25, 0.3) is 0 Å². The Morgan fingerprint density at radius 3 is 2.30 bits per heavy atom. The average Bonchev–Trinajstić information content (AvgIpc) is 2.85. The second-order valence-corrected chi connectivity index (χ2v) is 7.30. The van der Waals surface area contributed by atoms with Gasteiger partial charge in [-0.25, -0.2) is 4.98 Å². The number of benzene rings is 2. The number of fused-ring (bicyclic) bond motifs is 1. The Bertz CT molecular complexity index is 789. The van der Waals surface area contributed by atoms with Crippen LogP contribution in [0.2, 0.25) is 0 Å². The second-order valence-electron chi connectivity index (χ2n) is 7.30. The number of rotatable bonds is 4. The molecular formula is C21H26N2. The molecule has 23 heavy (non-hydrogen) atoms. The van der Waals surface area contributed by atoms with Crippen LogP contribution in [-0.2, 0) is 18.4 Å². The van der Waals surface area contributed by atoms with Crippen molar-refractivity contribution in [1.82, 2.24) is 9.55 Å². The Morgan fingerprint density at radius 2 is 1.65 bits per heavy atom. The molecule has 2 nitrogen and oxygen atoms in total. The molecule has 0 aliphatic carbocycles. The number of aromatic nitrogens is 2. The van der Waals surface area contributed by atoms with Crippen LogP contribution in [0.3, 0.4) is 0 Å². The minimum Gasteiger partial charge on any atom is -0.323 e. The number of hydrogen-bond acceptors (Lipinski definition) is 1. The van der Waals surface area contributed by atoms with Gasteiger partial charge in [0.15, 0.2) is 0 Å². The zero-order chi connectivity index (χ0) is 16.4. The summed E-state index contributed by atoms with van der Waals surface area (Å²) in [7, 11) is 0. The fourth-order valence-corrected chi connectivity index (χ4v) is 3.01. The Balaban J connectivity index is 1.96. The number of hydrogen-bond donors (Lipinski definition) is 0. The molecule has 0 N–H and O–H groups in total. The first-order valence-corrected chi connectivity index (χ1v) is 8.52. The molecule has 3 rings (SSSR count). The normalized spacial score (nSPS) is 12.0. The van der Waals surface area contributed by atoms with E-state index in [1.165, 1.54) is 22.5 Å². The Labute approximate surface area is 139 Å². The van der Waals surface area contributed by atoms with Gasteiger partial charge in [0, 0.05) is 13.0 Å². The summed E-state index contributed by atoms with van der Waals surface area (Å²) < 4.78 is 2.37. The van der Waals surface area contributed by atoms with Crippen LogP contribution < -0.4 is 0 Å². The van der Waals surface area contributed by atoms with Crippen LogP contribution in [0.1, 0.15) is 51.1 Å². The average molecular weight is 306 g/mol. The molecule has 0 saturated heterocycles. The summed E-state index contributed by atoms with van der Waals surface area (Å²) in [6, 6.07) is 17.5. The predicted octanol–water partition coefficient (Wildman–Crippen LogP) is 5.33. The van der Waals surface area contributed by atoms with Gasteiger partial charge in [0.1, 0.15) is 5.82 Å². The molecule has 0 spiro atoms. The first-order valence-electron chi connectivity index (χ1n) is 8.52. The second kappa shape index (κ2) is 6.19. The van der Waals surface area contributed by atoms with Crippen LogP contribution in [0.4, 0.5) is 0 Å². The summed E-state index contributed by atoms with van der Waals surface area (Å²) in [6.45, 7) is 9.86. The maximum Gasteiger partial charge on any atom is 0.110 e. The molecular weight excluding hydrogens is 280 g/mol. The van der Waals surface area contributed by atoms with Gasteiger partial charge < -0.3 is 4.57 Å². The van der Waals surface area contributed by atoms with Gasteiger partial charge in [-0.1, -0.05) is 64.1 Å². The topological polar surface area (TPSA) is 17.8 Å². The van der Waals surface area contributed by atoms with Crippen molar-refractivity contribution in [2.45, 2.75) is 52.5 Å². The molecule has 2 aromatic carbocycles. The van der Waals surface area contributed by atoms with E-state index in [2.05, 4.69) is 80.8 Å². The molecule has 0 fully saturated rings. The molecule has 0 atom stereocenters. The first-order chi connectivity index (χ1) is 11.0. The van der Waals surface area contributed by atoms with Gasteiger partial charge in [-0.15, -0.1) is 0 Å². The lowest BCUT2D eigenvalue weighted by Crippen LogP contribution is -2.11. The number of aryl methyl sites for hydroxylation is 1. The van der Waals surface area contributed by atoms with Crippen LogP contribution in [0, 0.1) is 0 Å². The van der Waals surface area contributed by atoms with E-state index in [1.54, 1.807) is 0 Å². The van der Waals surface area contributed by atoms with Crippen molar-refractivity contribution < 1.29 is 0 Å². The third kappa shape index (κ3) is 3.31. The van der Waals surface area contributed by atoms with E-state index in [-0.39, 0.29) is 5.41 Å². The van der Waals surface area contributed by atoms with Crippen LogP contribution in [0.5, 0.6) is 0 Å². The summed E-state index contributed by atoms with van der Waals surface area (Å²) in [4.78, 5) is 4.82. The van der Waals surface area contributed by atoms with Gasteiger partial charge in [-0.05, 0) is 35.1 Å². The Morgan fingerprint density at radius 1 is 0.957 bits per heavy atom. The fraction of sp³-hybridized carbons (Fsp3) is 0.381. The van der Waals surface area contributed by atoms with Crippen molar-refractivity contribution >= 4 is 11.0 Å². The van der Waals surface area contributed by atoms with E-state index in [0.29, 0.717) is 0 Å². The summed E-state index contributed by atoms with van der Waals surface area (Å²) in [6.07, 6.45) is 2.14. The highest BCUT2D eigenvalue weighted by atomic mass is 15.1. The highest BCUT2D eigenvalue weighted by Gasteiger charge is 2.14. The lowest BCUT2D eigenvalue weighted by atomic mass is 9.87. The summed E-state index contributed by atoms with van der Waals surface area (Å²) in [5.74, 6) is 1.19. The molecule has 0 unspecified atom stereocenters. The monoisotopic (exact) mass is 306 g/mol. The highest BCUT2D eigenvalue weighted by Crippen LogP contribution is 2.23. The summed E-state index contributed by atoms with van der Waals surface area (Å²) in [5, 5.41) is 0. The molecule has 1 heterocycles. The minimum atomic E-state index is 0.202. The maximum atomic E-state index is 4.82. The number of imidazole rings is 1. The molecule has 0 bridgehead atoms. The summed E-state index contributed by atoms with van der Waals surface area (Å²) in [5.41, 5.74) is 5.25. The van der Waals surface area contributed by atoms with Crippen LogP contribution in [0.15, 0.2) is 48.5 Å². The van der Waals surface area contributed by atoms with Gasteiger partial charge in [0.2, 0.25) is 0 Å². The van der Waals surface area contributed by atoms with Gasteiger partial charge in [-0.2, -0.15) is 0 Å². The quantitative estimate of drug-likeness (QED) is 0.636. The standard InChI is InChI=1S/C21H26N2/c1-5-8-20-22-18-9-6-7-10-19(18)23(20)15-16-11-13-17(14-12-16)21(2,3)4/h6-7,9-14H,5,8,15H2,1-4H3. The van der Waals surface area contributed by atoms with Crippen molar-refractivity contribution in [3.8, 4) is 0 Å². The van der Waals surface area contributed by atoms with Crippen molar-refractivity contribution in [3.05, 3.63) is 65.5 Å². The molecule has 0 aliphatic rings. The number of para-hydroxylation sites is 2. The van der Waals surface area contributed by atoms with E-state index in [1.807, 2.05) is 0 Å². The Hall–Kier alpha value is -2.09. The third-order valence-corrected chi connectivity index (χ3v) is 4.37. The van der Waals surface area contributed by atoms with Crippen LogP contribution >= 0.6 is 0 Å². The zero-order valence-electron chi connectivity index (χ0n) is 14.6. The van der Waals surface area contributed by atoms with E-state index >= 15 is 0 Å². The molecule has 3 aromatic rings. The molecule has 0 saturated carbocycles. The smallest absolute Gasteiger partial charge is 0.110 e. The van der Waals surface area contributed by atoms with E-state index in [4.69, 9.17) is 4.98 Å². The van der Waals surface area contributed by atoms with Crippen molar-refractivity contribution in [2.75, 3.05) is 0 Å². The molecule has 0 aliphatic heterocycles. The molecule has 120 valence electrons. The van der Waals surface area contributed by atoms with Gasteiger partial charge >= 0.3 is 0 Å². The predicted molar refractivity (Wildman–Crippen MR) is 98.0 cm³/mol. The van der Waals surface area contributed by atoms with Crippen LogP contribution in [-0.4, -0.2) is 9.55 Å². The Kier molecular flexibility index (Phi) is 4.25. The minimum absolute atomic E-state index is 0.202. The van der Waals surface area contributed by atoms with E-state index in [9.17, 15) is 0 Å². The van der Waals surface area contributed by atoms with E-state index in [0.717, 1.165) is 24.9 Å². The SMILES string of the molecule is CCCc1nc2ccccc2n1Cc1ccc(C(C)(C)C)cc1. The van der Waals surface area contributed by atoms with Crippen molar-refractivity contribution in [2.24, 2.45) is 0 Å². The number of nitrogens with zero attached hydrogens (tertiary/aromatic N) is 2. The largest absolute Gasteiger partial charge is 0.323 e. The third-order valence-electron chi connectivity index (χ3n) is 4.37. The van der Waals surface area contributed by atoms with Gasteiger partial charge in [0.05, 0.1) is 11.0 Å². The van der Waals surface area contributed by atoms with Crippen molar-refractivity contribution in [1.29, 1.82) is 0 Å². The first kappa shape index (κ1) is 15.8. The molecule has 0 amide bonds. The highest BCUT2D eigenvalue weighted by molar-refractivity contribution is 5.76. The molecule has 0 radical (unpaired) electrons.